The summed E-state index contributed by atoms with van der Waals surface area (Å²) in [5, 5.41) is 0. The van der Waals surface area contributed by atoms with Crippen LogP contribution in [0.5, 0.6) is 0 Å². The summed E-state index contributed by atoms with van der Waals surface area (Å²) in [5.74, 6) is 0.576. The molecule has 0 aromatic rings. The molecular formula is C22H45AlBNO4S2. The molecule has 0 fully saturated rings. The van der Waals surface area contributed by atoms with E-state index in [1.807, 2.05) is 13.2 Å². The summed E-state index contributed by atoms with van der Waals surface area (Å²) >= 11 is 6.88. The second kappa shape index (κ2) is 37.1. The van der Waals surface area contributed by atoms with Crippen molar-refractivity contribution in [3.8, 4) is 0 Å². The molecule has 0 aromatic carbocycles. The van der Waals surface area contributed by atoms with Gasteiger partial charge in [0.1, 0.15) is 0 Å². The zero-order valence-corrected chi connectivity index (χ0v) is 23.6. The van der Waals surface area contributed by atoms with Crippen molar-refractivity contribution in [2.24, 2.45) is 5.92 Å². The number of hydrogen-bond acceptors (Lipinski definition) is 7. The Balaban J connectivity index is -0.000000122. The first-order valence-electron chi connectivity index (χ1n) is 10.6. The minimum absolute atomic E-state index is 0. The fraction of sp³-hybridized carbons (Fsp3) is 0.818. The molecule has 31 heavy (non-hydrogen) atoms. The first kappa shape index (κ1) is 41.1. The predicted molar refractivity (Wildman–Crippen MR) is 142 cm³/mol. The monoisotopic (exact) mass is 489 g/mol. The Kier molecular flexibility index (Phi) is 49.2. The van der Waals surface area contributed by atoms with Crippen LogP contribution in [0, 0.1) is 10.3 Å². The van der Waals surface area contributed by atoms with E-state index < -0.39 is 0 Å². The van der Waals surface area contributed by atoms with Gasteiger partial charge in [-0.15, -0.1) is 0 Å². The molecule has 0 saturated heterocycles. The molecule has 0 aliphatic heterocycles. The van der Waals surface area contributed by atoms with Gasteiger partial charge in [0, 0.05) is 19.7 Å². The van der Waals surface area contributed by atoms with Crippen molar-refractivity contribution in [1.82, 2.24) is 0 Å². The number of hydrogen-bond donors (Lipinski definition) is 2. The van der Waals surface area contributed by atoms with Crippen molar-refractivity contribution in [3.63, 3.8) is 0 Å². The molecule has 9 heteroatoms. The van der Waals surface area contributed by atoms with Crippen molar-refractivity contribution in [2.45, 2.75) is 79.1 Å². The fourth-order valence-corrected chi connectivity index (χ4v) is 2.61. The van der Waals surface area contributed by atoms with E-state index in [0.717, 1.165) is 25.0 Å². The van der Waals surface area contributed by atoms with E-state index in [2.05, 4.69) is 33.1 Å². The topological polar surface area (TPSA) is 76.5 Å². The van der Waals surface area contributed by atoms with Gasteiger partial charge < -0.3 is 9.47 Å². The zero-order valence-electron chi connectivity index (χ0n) is 20.7. The Bertz CT molecular complexity index is 406. The molecule has 1 atom stereocenters. The molecule has 0 amide bonds. The summed E-state index contributed by atoms with van der Waals surface area (Å²) in [6.45, 7) is 12.5. The molecular weight excluding hydrogens is 444 g/mol. The van der Waals surface area contributed by atoms with Crippen LogP contribution >= 0.6 is 24.4 Å². The van der Waals surface area contributed by atoms with Crippen LogP contribution in [0.2, 0.25) is 0 Å². The Morgan fingerprint density at radius 1 is 0.968 bits per heavy atom. The molecule has 4 radical (unpaired) electrons. The molecule has 0 aliphatic rings. The van der Waals surface area contributed by atoms with Crippen LogP contribution in [0.25, 0.3) is 0 Å². The van der Waals surface area contributed by atoms with Gasteiger partial charge in [0.05, 0.1) is 19.1 Å². The Hall–Kier alpha value is -0.223. The molecule has 0 heterocycles. The molecule has 0 saturated carbocycles. The van der Waals surface area contributed by atoms with Crippen molar-refractivity contribution in [3.05, 3.63) is 12.2 Å². The van der Waals surface area contributed by atoms with Gasteiger partial charge in [-0.05, 0) is 32.3 Å². The van der Waals surface area contributed by atoms with Gasteiger partial charge in [-0.2, -0.15) is 24.4 Å². The Morgan fingerprint density at radius 3 is 1.74 bits per heavy atom. The standard InChI is InChI=1S/C11H22O2S.C10H18O2.CH4S.Al.B.HN/c1-4-5-6-7-8-13-11(12)10(2)9-14-3;1-4-5-6-7-8-12-10(11)9(2)3;1-2;;;/h10H,4-9H2,1-3H3;2,4-8H2,1,3H3;2H,1H3;;;1H. The van der Waals surface area contributed by atoms with Crippen LogP contribution < -0.4 is 0 Å². The fourth-order valence-electron chi connectivity index (χ4n) is 1.98. The SMILES string of the molecule is C=C(C)C(=O)OCCCCCC.CCCCCCOC(=O)C(C)CSC.CS.[B].[NH]=[Al]. The summed E-state index contributed by atoms with van der Waals surface area (Å²) in [4.78, 5) is 22.2. The average Bonchev–Trinajstić information content (AvgIpc) is 2.76. The minimum atomic E-state index is -0.272. The normalized spacial score (nSPS) is 9.61. The van der Waals surface area contributed by atoms with Crippen molar-refractivity contribution in [1.29, 1.82) is 4.35 Å². The summed E-state index contributed by atoms with van der Waals surface area (Å²) in [6, 6.07) is 0. The third-order valence-electron chi connectivity index (χ3n) is 3.64. The summed E-state index contributed by atoms with van der Waals surface area (Å²) in [5.41, 5.74) is 0.477. The predicted octanol–water partition coefficient (Wildman–Crippen LogP) is 5.88. The molecule has 0 aliphatic carbocycles. The number of carbonyl (C=O) groups is 2. The number of unbranched alkanes of at least 4 members (excludes halogenated alkanes) is 6. The Labute approximate surface area is 212 Å². The number of carbonyl (C=O) groups excluding carboxylic acids is 2. The molecule has 5 nitrogen and oxygen atoms in total. The van der Waals surface area contributed by atoms with E-state index in [1.165, 1.54) is 32.1 Å². The van der Waals surface area contributed by atoms with Gasteiger partial charge in [-0.25, -0.2) is 4.79 Å². The van der Waals surface area contributed by atoms with Crippen LogP contribution in [0.15, 0.2) is 12.2 Å². The third kappa shape index (κ3) is 37.4. The molecule has 0 bridgehead atoms. The second-order valence-electron chi connectivity index (χ2n) is 6.56. The number of nitrogens with one attached hydrogen (secondary N) is 1. The van der Waals surface area contributed by atoms with Crippen LogP contribution in [-0.4, -0.2) is 67.9 Å². The number of thiol groups is 1. The quantitative estimate of drug-likeness (QED) is 0.105. The molecule has 1 N–H and O–H groups in total. The van der Waals surface area contributed by atoms with Crippen LogP contribution in [0.4, 0.5) is 0 Å². The summed E-state index contributed by atoms with van der Waals surface area (Å²) in [6.07, 6.45) is 12.8. The van der Waals surface area contributed by atoms with E-state index in [-0.39, 0.29) is 26.3 Å². The first-order chi connectivity index (χ1) is 14.4. The van der Waals surface area contributed by atoms with Crippen molar-refractivity contribution < 1.29 is 19.1 Å². The van der Waals surface area contributed by atoms with Crippen molar-refractivity contribution in [2.75, 3.05) is 31.5 Å². The van der Waals surface area contributed by atoms with E-state index in [0.29, 0.717) is 18.8 Å². The maximum atomic E-state index is 11.3. The van der Waals surface area contributed by atoms with Crippen LogP contribution in [0.1, 0.15) is 79.1 Å². The maximum absolute atomic E-state index is 11.3. The number of ether oxygens (including phenoxy) is 2. The average molecular weight is 490 g/mol. The Morgan fingerprint density at radius 2 is 1.39 bits per heavy atom. The van der Waals surface area contributed by atoms with E-state index in [4.69, 9.17) is 13.8 Å². The third-order valence-corrected chi connectivity index (χ3v) is 4.47. The van der Waals surface area contributed by atoms with Gasteiger partial charge in [-0.1, -0.05) is 65.9 Å². The van der Waals surface area contributed by atoms with E-state index in [9.17, 15) is 9.59 Å². The van der Waals surface area contributed by atoms with Gasteiger partial charge in [-0.3, -0.25) is 4.79 Å². The van der Waals surface area contributed by atoms with E-state index >= 15 is 0 Å². The molecule has 0 aromatic heterocycles. The molecule has 180 valence electrons. The van der Waals surface area contributed by atoms with Gasteiger partial charge >= 0.3 is 32.4 Å². The summed E-state index contributed by atoms with van der Waals surface area (Å²) < 4.78 is 15.7. The second-order valence-corrected chi connectivity index (χ2v) is 7.47. The number of rotatable bonds is 14. The molecule has 1 unspecified atom stereocenters. The molecule has 0 spiro atoms. The number of esters is 2. The van der Waals surface area contributed by atoms with Crippen LogP contribution in [0.3, 0.4) is 0 Å². The van der Waals surface area contributed by atoms with Crippen molar-refractivity contribution >= 4 is 60.8 Å². The van der Waals surface area contributed by atoms with Gasteiger partial charge in [0.15, 0.2) is 0 Å². The first-order valence-corrected chi connectivity index (χ1v) is 13.5. The number of thioether (sulfide) groups is 1. The summed E-state index contributed by atoms with van der Waals surface area (Å²) in [7, 11) is 0. The van der Waals surface area contributed by atoms with Gasteiger partial charge in [0.2, 0.25) is 0 Å². The zero-order chi connectivity index (χ0) is 24.2. The van der Waals surface area contributed by atoms with E-state index in [1.54, 1.807) is 41.0 Å². The molecule has 0 rings (SSSR count). The van der Waals surface area contributed by atoms with Crippen LogP contribution in [-0.2, 0) is 19.1 Å². The van der Waals surface area contributed by atoms with Gasteiger partial charge in [0.25, 0.3) is 0 Å².